The molecule has 0 aromatic rings. The van der Waals surface area contributed by atoms with Gasteiger partial charge in [-0.25, -0.2) is 0 Å². The van der Waals surface area contributed by atoms with Crippen LogP contribution in [0.25, 0.3) is 0 Å². The van der Waals surface area contributed by atoms with Crippen LogP contribution in [0.5, 0.6) is 0 Å². The molecule has 0 radical (unpaired) electrons. The molecule has 206 valence electrons. The number of rotatable bonds is 18. The maximum atomic E-state index is 11.6. The lowest BCUT2D eigenvalue weighted by molar-refractivity contribution is -0.284. The molecule has 36 heavy (non-hydrogen) atoms. The van der Waals surface area contributed by atoms with Gasteiger partial charge in [-0.2, -0.15) is 0 Å². The third kappa shape index (κ3) is 14.2. The van der Waals surface area contributed by atoms with Crippen molar-refractivity contribution in [3.05, 3.63) is 0 Å². The fourth-order valence-corrected chi connectivity index (χ4v) is 4.44. The molecule has 7 heteroatoms. The third-order valence-corrected chi connectivity index (χ3v) is 6.80. The molecule has 1 aliphatic heterocycles. The summed E-state index contributed by atoms with van der Waals surface area (Å²) in [5.41, 5.74) is 0. The summed E-state index contributed by atoms with van der Waals surface area (Å²) < 4.78 is 5.12. The topological polar surface area (TPSA) is 127 Å². The van der Waals surface area contributed by atoms with Gasteiger partial charge in [0.05, 0.1) is 12.0 Å². The van der Waals surface area contributed by atoms with Crippen molar-refractivity contribution in [3.8, 4) is 23.7 Å². The Balaban J connectivity index is 2.07. The van der Waals surface area contributed by atoms with E-state index in [-0.39, 0.29) is 6.42 Å². The highest BCUT2D eigenvalue weighted by atomic mass is 16.6. The van der Waals surface area contributed by atoms with Crippen molar-refractivity contribution < 1.29 is 35.1 Å². The molecule has 1 saturated heterocycles. The van der Waals surface area contributed by atoms with Crippen molar-refractivity contribution in [1.82, 2.24) is 0 Å². The first kappa shape index (κ1) is 32.4. The smallest absolute Gasteiger partial charge is 0.306 e. The molecule has 0 saturated carbocycles. The lowest BCUT2D eigenvalue weighted by Crippen LogP contribution is -2.57. The van der Waals surface area contributed by atoms with Crippen molar-refractivity contribution in [2.75, 3.05) is 0 Å². The van der Waals surface area contributed by atoms with E-state index in [9.17, 15) is 30.3 Å². The maximum Gasteiger partial charge on any atom is 0.306 e. The maximum absolute atomic E-state index is 11.6. The van der Waals surface area contributed by atoms with Gasteiger partial charge < -0.3 is 30.3 Å². The fourth-order valence-electron chi connectivity index (χ4n) is 4.44. The molecular formula is C29H48O7. The standard InChI is InChI=1S/C29H48O7/c1-2-3-4-5-6-7-8-9-10-11-12-13-14-15-16-17-18-19-20-21-23(28(33)34)22-24-25(30)26(31)27(32)29(35)36-24/h23-27,29-32,35H,2-10,15-22H2,1H3,(H,33,34). The Morgan fingerprint density at radius 2 is 1.22 bits per heavy atom. The van der Waals surface area contributed by atoms with Gasteiger partial charge in [0.2, 0.25) is 0 Å². The molecule has 1 aliphatic rings. The summed E-state index contributed by atoms with van der Waals surface area (Å²) in [5, 5.41) is 48.5. The number of carboxylic acid groups (broad SMARTS) is 1. The minimum Gasteiger partial charge on any atom is -0.481 e. The molecule has 1 rings (SSSR count). The van der Waals surface area contributed by atoms with E-state index in [1.165, 1.54) is 44.9 Å². The number of aliphatic hydroxyl groups excluding tert-OH is 4. The van der Waals surface area contributed by atoms with Crippen LogP contribution in [0.15, 0.2) is 0 Å². The van der Waals surface area contributed by atoms with E-state index in [0.717, 1.165) is 51.4 Å². The largest absolute Gasteiger partial charge is 0.481 e. The Morgan fingerprint density at radius 3 is 1.75 bits per heavy atom. The van der Waals surface area contributed by atoms with Crippen molar-refractivity contribution in [3.63, 3.8) is 0 Å². The number of hydrogen-bond acceptors (Lipinski definition) is 6. The molecule has 0 aliphatic carbocycles. The van der Waals surface area contributed by atoms with Crippen LogP contribution in [0.1, 0.15) is 116 Å². The summed E-state index contributed by atoms with van der Waals surface area (Å²) in [6.07, 6.45) is 9.90. The number of carboxylic acids is 1. The summed E-state index contributed by atoms with van der Waals surface area (Å²) in [7, 11) is 0. The molecule has 6 unspecified atom stereocenters. The van der Waals surface area contributed by atoms with E-state index >= 15 is 0 Å². The van der Waals surface area contributed by atoms with Crippen molar-refractivity contribution >= 4 is 5.97 Å². The first-order valence-corrected chi connectivity index (χ1v) is 13.9. The van der Waals surface area contributed by atoms with E-state index in [0.29, 0.717) is 6.42 Å². The second-order valence-corrected chi connectivity index (χ2v) is 9.94. The average molecular weight is 509 g/mol. The average Bonchev–Trinajstić information content (AvgIpc) is 2.86. The monoisotopic (exact) mass is 508 g/mol. The van der Waals surface area contributed by atoms with Crippen LogP contribution >= 0.6 is 0 Å². The van der Waals surface area contributed by atoms with Crippen LogP contribution < -0.4 is 0 Å². The molecule has 0 spiro atoms. The zero-order valence-electron chi connectivity index (χ0n) is 22.0. The number of hydrogen-bond donors (Lipinski definition) is 5. The van der Waals surface area contributed by atoms with Crippen molar-refractivity contribution in [2.45, 2.75) is 147 Å². The van der Waals surface area contributed by atoms with E-state index in [1.807, 2.05) is 0 Å². The van der Waals surface area contributed by atoms with Gasteiger partial charge in [-0.15, -0.1) is 0 Å². The summed E-state index contributed by atoms with van der Waals surface area (Å²) >= 11 is 0. The number of aliphatic carboxylic acids is 1. The minimum atomic E-state index is -1.65. The highest BCUT2D eigenvalue weighted by Crippen LogP contribution is 2.27. The first-order chi connectivity index (χ1) is 17.4. The Hall–Kier alpha value is -1.61. The highest BCUT2D eigenvalue weighted by Gasteiger charge is 2.44. The zero-order valence-corrected chi connectivity index (χ0v) is 22.0. The molecule has 1 fully saturated rings. The molecule has 6 atom stereocenters. The number of ether oxygens (including phenoxy) is 1. The van der Waals surface area contributed by atoms with Gasteiger partial charge in [0.15, 0.2) is 6.29 Å². The quantitative estimate of drug-likeness (QED) is 0.139. The van der Waals surface area contributed by atoms with E-state index in [2.05, 4.69) is 30.6 Å². The fraction of sp³-hybridized carbons (Fsp3) is 0.828. The molecule has 0 aromatic heterocycles. The van der Waals surface area contributed by atoms with Crippen LogP contribution in [0.2, 0.25) is 0 Å². The van der Waals surface area contributed by atoms with Gasteiger partial charge in [0.25, 0.3) is 0 Å². The SMILES string of the molecule is CCCCCCCCCCC#CC#CCCCCCCCC(CC1OC(O)C(O)C(O)C1O)C(=O)O. The lowest BCUT2D eigenvalue weighted by Gasteiger charge is -2.39. The lowest BCUT2D eigenvalue weighted by atomic mass is 9.89. The van der Waals surface area contributed by atoms with Crippen molar-refractivity contribution in [2.24, 2.45) is 5.92 Å². The van der Waals surface area contributed by atoms with Gasteiger partial charge in [-0.1, -0.05) is 89.4 Å². The van der Waals surface area contributed by atoms with Gasteiger partial charge in [-0.05, 0) is 37.5 Å². The molecular weight excluding hydrogens is 460 g/mol. The summed E-state index contributed by atoms with van der Waals surface area (Å²) in [4.78, 5) is 11.6. The molecule has 0 bridgehead atoms. The van der Waals surface area contributed by atoms with E-state index in [4.69, 9.17) is 4.74 Å². The third-order valence-electron chi connectivity index (χ3n) is 6.80. The van der Waals surface area contributed by atoms with Gasteiger partial charge in [-0.3, -0.25) is 4.79 Å². The van der Waals surface area contributed by atoms with Crippen LogP contribution in [-0.2, 0) is 9.53 Å². The predicted molar refractivity (Wildman–Crippen MR) is 140 cm³/mol. The molecule has 0 amide bonds. The predicted octanol–water partition coefficient (Wildman–Crippen LogP) is 4.15. The van der Waals surface area contributed by atoms with Crippen LogP contribution in [0, 0.1) is 29.6 Å². The molecule has 5 N–H and O–H groups in total. The van der Waals surface area contributed by atoms with Gasteiger partial charge in [0.1, 0.15) is 18.3 Å². The first-order valence-electron chi connectivity index (χ1n) is 13.9. The summed E-state index contributed by atoms with van der Waals surface area (Å²) in [6, 6.07) is 0. The second kappa shape index (κ2) is 20.4. The summed E-state index contributed by atoms with van der Waals surface area (Å²) in [5.74, 6) is 10.4. The molecule has 0 aromatic carbocycles. The van der Waals surface area contributed by atoms with Gasteiger partial charge in [0, 0.05) is 12.8 Å². The second-order valence-electron chi connectivity index (χ2n) is 9.94. The Kier molecular flexibility index (Phi) is 18.4. The Morgan fingerprint density at radius 1 is 0.722 bits per heavy atom. The number of carbonyl (C=O) groups is 1. The minimum absolute atomic E-state index is 0.0347. The van der Waals surface area contributed by atoms with Crippen LogP contribution in [0.4, 0.5) is 0 Å². The summed E-state index contributed by atoms with van der Waals surface area (Å²) in [6.45, 7) is 2.24. The molecule has 7 nitrogen and oxygen atoms in total. The normalized spacial score (nSPS) is 24.3. The van der Waals surface area contributed by atoms with E-state index < -0.39 is 42.6 Å². The van der Waals surface area contributed by atoms with Crippen LogP contribution in [0.3, 0.4) is 0 Å². The Labute approximate surface area is 217 Å². The number of unbranched alkanes of at least 4 members (excludes halogenated alkanes) is 13. The van der Waals surface area contributed by atoms with Crippen molar-refractivity contribution in [1.29, 1.82) is 0 Å². The highest BCUT2D eigenvalue weighted by molar-refractivity contribution is 5.69. The number of aliphatic hydroxyl groups is 4. The van der Waals surface area contributed by atoms with E-state index in [1.54, 1.807) is 0 Å². The zero-order chi connectivity index (χ0) is 26.6. The van der Waals surface area contributed by atoms with Crippen LogP contribution in [-0.4, -0.2) is 62.2 Å². The van der Waals surface area contributed by atoms with Gasteiger partial charge >= 0.3 is 5.97 Å². The Bertz CT molecular complexity index is 702. The molecule has 1 heterocycles.